The van der Waals surface area contributed by atoms with Gasteiger partial charge in [0.2, 0.25) is 5.91 Å². The van der Waals surface area contributed by atoms with E-state index in [1.54, 1.807) is 0 Å². The molecule has 2 fully saturated rings. The zero-order valence-electron chi connectivity index (χ0n) is 13.0. The van der Waals surface area contributed by atoms with Crippen LogP contribution in [0, 0.1) is 5.92 Å². The third kappa shape index (κ3) is 3.85. The van der Waals surface area contributed by atoms with Gasteiger partial charge in [0.1, 0.15) is 0 Å². The van der Waals surface area contributed by atoms with Crippen molar-refractivity contribution in [3.63, 3.8) is 0 Å². The molecule has 0 radical (unpaired) electrons. The molecule has 1 aliphatic heterocycles. The summed E-state index contributed by atoms with van der Waals surface area (Å²) in [5.74, 6) is 0.0268. The number of nitrogens with one attached hydrogen (secondary N) is 1. The number of anilines is 1. The van der Waals surface area contributed by atoms with Gasteiger partial charge in [-0.05, 0) is 30.5 Å². The number of ether oxygens (including phenoxy) is 1. The lowest BCUT2D eigenvalue weighted by atomic mass is 10.0. The quantitative estimate of drug-likeness (QED) is 0.886. The van der Waals surface area contributed by atoms with Gasteiger partial charge in [-0.1, -0.05) is 18.6 Å². The number of hydrogen-bond donors (Lipinski definition) is 2. The molecule has 3 rings (SSSR count). The van der Waals surface area contributed by atoms with Crippen LogP contribution in [0.15, 0.2) is 24.3 Å². The lowest BCUT2D eigenvalue weighted by Crippen LogP contribution is -2.35. The molecule has 1 heterocycles. The van der Waals surface area contributed by atoms with Crippen LogP contribution in [0.1, 0.15) is 24.8 Å². The first-order valence-electron chi connectivity index (χ1n) is 8.18. The van der Waals surface area contributed by atoms with Gasteiger partial charge in [0.15, 0.2) is 0 Å². The Bertz CT molecular complexity index is 497. The monoisotopic (exact) mass is 303 g/mol. The van der Waals surface area contributed by atoms with Crippen molar-refractivity contribution in [1.82, 2.24) is 4.90 Å². The van der Waals surface area contributed by atoms with E-state index in [0.717, 1.165) is 57.8 Å². The molecule has 1 saturated carbocycles. The first kappa shape index (κ1) is 15.5. The summed E-state index contributed by atoms with van der Waals surface area (Å²) in [5.41, 5.74) is 8.10. The van der Waals surface area contributed by atoms with E-state index in [-0.39, 0.29) is 17.9 Å². The predicted molar refractivity (Wildman–Crippen MR) is 86.5 cm³/mol. The molecule has 5 heteroatoms. The van der Waals surface area contributed by atoms with Crippen LogP contribution in [0.5, 0.6) is 0 Å². The fraction of sp³-hybridized carbons (Fsp3) is 0.588. The molecule has 2 atom stereocenters. The van der Waals surface area contributed by atoms with E-state index in [1.165, 1.54) is 5.56 Å². The summed E-state index contributed by atoms with van der Waals surface area (Å²) in [6.07, 6.45) is 2.91. The van der Waals surface area contributed by atoms with Gasteiger partial charge in [-0.25, -0.2) is 0 Å². The lowest BCUT2D eigenvalue weighted by molar-refractivity contribution is -0.120. The van der Waals surface area contributed by atoms with E-state index in [4.69, 9.17) is 10.5 Å². The minimum Gasteiger partial charge on any atom is -0.379 e. The number of hydrogen-bond acceptors (Lipinski definition) is 4. The Balaban J connectivity index is 1.53. The van der Waals surface area contributed by atoms with Crippen molar-refractivity contribution in [2.75, 3.05) is 31.6 Å². The van der Waals surface area contributed by atoms with E-state index in [9.17, 15) is 4.79 Å². The van der Waals surface area contributed by atoms with Crippen LogP contribution < -0.4 is 11.1 Å². The molecule has 2 unspecified atom stereocenters. The van der Waals surface area contributed by atoms with Gasteiger partial charge in [0.25, 0.3) is 0 Å². The van der Waals surface area contributed by atoms with Crippen molar-refractivity contribution in [1.29, 1.82) is 0 Å². The zero-order chi connectivity index (χ0) is 15.4. The minimum atomic E-state index is -0.0342. The second-order valence-electron chi connectivity index (χ2n) is 6.28. The molecule has 1 saturated heterocycles. The smallest absolute Gasteiger partial charge is 0.229 e. The number of nitrogens with zero attached hydrogens (tertiary/aromatic N) is 1. The minimum absolute atomic E-state index is 0.0144. The fourth-order valence-corrected chi connectivity index (χ4v) is 3.26. The van der Waals surface area contributed by atoms with E-state index < -0.39 is 0 Å². The van der Waals surface area contributed by atoms with Crippen molar-refractivity contribution in [3.8, 4) is 0 Å². The SMILES string of the molecule is NC1CCCC1C(=O)Nc1ccc(CN2CCOCC2)cc1. The molecule has 1 aliphatic carbocycles. The lowest BCUT2D eigenvalue weighted by Gasteiger charge is -2.26. The van der Waals surface area contributed by atoms with Crippen molar-refractivity contribution < 1.29 is 9.53 Å². The van der Waals surface area contributed by atoms with E-state index in [0.29, 0.717) is 0 Å². The van der Waals surface area contributed by atoms with Crippen molar-refractivity contribution in [2.24, 2.45) is 11.7 Å². The Morgan fingerprint density at radius 3 is 2.59 bits per heavy atom. The Hall–Kier alpha value is -1.43. The normalized spacial score (nSPS) is 26.0. The summed E-state index contributed by atoms with van der Waals surface area (Å²) >= 11 is 0. The summed E-state index contributed by atoms with van der Waals surface area (Å²) in [6, 6.07) is 8.14. The van der Waals surface area contributed by atoms with Crippen LogP contribution in [0.2, 0.25) is 0 Å². The summed E-state index contributed by atoms with van der Waals surface area (Å²) in [5, 5.41) is 2.99. The number of amides is 1. The molecule has 120 valence electrons. The highest BCUT2D eigenvalue weighted by Gasteiger charge is 2.30. The molecule has 1 aromatic rings. The van der Waals surface area contributed by atoms with Gasteiger partial charge < -0.3 is 15.8 Å². The Morgan fingerprint density at radius 2 is 1.95 bits per heavy atom. The van der Waals surface area contributed by atoms with E-state index in [2.05, 4.69) is 22.3 Å². The van der Waals surface area contributed by atoms with Crippen LogP contribution in [-0.2, 0) is 16.1 Å². The standard InChI is InChI=1S/C17H25N3O2/c18-16-3-1-2-15(16)17(21)19-14-6-4-13(5-7-14)12-20-8-10-22-11-9-20/h4-7,15-16H,1-3,8-12,18H2,(H,19,21). The maximum Gasteiger partial charge on any atom is 0.229 e. The molecule has 0 aromatic heterocycles. The number of rotatable bonds is 4. The van der Waals surface area contributed by atoms with Crippen molar-refractivity contribution >= 4 is 11.6 Å². The summed E-state index contributed by atoms with van der Waals surface area (Å²) in [7, 11) is 0. The molecule has 3 N–H and O–H groups in total. The topological polar surface area (TPSA) is 67.6 Å². The van der Waals surface area contributed by atoms with Gasteiger partial charge in [-0.2, -0.15) is 0 Å². The highest BCUT2D eigenvalue weighted by Crippen LogP contribution is 2.25. The van der Waals surface area contributed by atoms with E-state index >= 15 is 0 Å². The van der Waals surface area contributed by atoms with Crippen LogP contribution in [-0.4, -0.2) is 43.2 Å². The highest BCUT2D eigenvalue weighted by molar-refractivity contribution is 5.93. The molecular weight excluding hydrogens is 278 g/mol. The fourth-order valence-electron chi connectivity index (χ4n) is 3.26. The van der Waals surface area contributed by atoms with Gasteiger partial charge in [0.05, 0.1) is 19.1 Å². The number of morpholine rings is 1. The molecule has 0 spiro atoms. The largest absolute Gasteiger partial charge is 0.379 e. The van der Waals surface area contributed by atoms with Gasteiger partial charge in [0, 0.05) is 31.4 Å². The second-order valence-corrected chi connectivity index (χ2v) is 6.28. The van der Waals surface area contributed by atoms with Crippen molar-refractivity contribution in [2.45, 2.75) is 31.8 Å². The van der Waals surface area contributed by atoms with Crippen LogP contribution in [0.25, 0.3) is 0 Å². The van der Waals surface area contributed by atoms with Crippen LogP contribution in [0.3, 0.4) is 0 Å². The predicted octanol–water partition coefficient (Wildman–Crippen LogP) is 1.58. The molecule has 2 aliphatic rings. The highest BCUT2D eigenvalue weighted by atomic mass is 16.5. The molecule has 1 aromatic carbocycles. The van der Waals surface area contributed by atoms with Crippen molar-refractivity contribution in [3.05, 3.63) is 29.8 Å². The first-order chi connectivity index (χ1) is 10.7. The molecule has 5 nitrogen and oxygen atoms in total. The van der Waals surface area contributed by atoms with Gasteiger partial charge in [-0.15, -0.1) is 0 Å². The van der Waals surface area contributed by atoms with Gasteiger partial charge >= 0.3 is 0 Å². The second kappa shape index (κ2) is 7.22. The summed E-state index contributed by atoms with van der Waals surface area (Å²) in [4.78, 5) is 14.6. The van der Waals surface area contributed by atoms with Crippen LogP contribution >= 0.6 is 0 Å². The third-order valence-corrected chi connectivity index (χ3v) is 4.64. The maximum absolute atomic E-state index is 12.2. The third-order valence-electron chi connectivity index (χ3n) is 4.64. The number of nitrogens with two attached hydrogens (primary N) is 1. The molecule has 0 bridgehead atoms. The average Bonchev–Trinajstić information content (AvgIpc) is 2.96. The molecular formula is C17H25N3O2. The average molecular weight is 303 g/mol. The first-order valence-corrected chi connectivity index (χ1v) is 8.18. The molecule has 1 amide bonds. The van der Waals surface area contributed by atoms with Crippen LogP contribution in [0.4, 0.5) is 5.69 Å². The number of carbonyl (C=O) groups excluding carboxylic acids is 1. The number of benzene rings is 1. The summed E-state index contributed by atoms with van der Waals surface area (Å²) in [6.45, 7) is 4.53. The Labute approximate surface area is 131 Å². The maximum atomic E-state index is 12.2. The van der Waals surface area contributed by atoms with E-state index in [1.807, 2.05) is 12.1 Å². The molecule has 22 heavy (non-hydrogen) atoms. The summed E-state index contributed by atoms with van der Waals surface area (Å²) < 4.78 is 5.36. The Morgan fingerprint density at radius 1 is 1.23 bits per heavy atom. The Kier molecular flexibility index (Phi) is 5.08. The zero-order valence-corrected chi connectivity index (χ0v) is 13.0. The van der Waals surface area contributed by atoms with Gasteiger partial charge in [-0.3, -0.25) is 9.69 Å². The number of carbonyl (C=O) groups is 1.